The van der Waals surface area contributed by atoms with Gasteiger partial charge in [-0.05, 0) is 32.4 Å². The third-order valence-corrected chi connectivity index (χ3v) is 3.79. The molecule has 0 aliphatic carbocycles. The standard InChI is InChI=1S/C17H20N4/c1-11-6-5-7-14(8-11)12(2)19-15-9-16-13(3)20-21(4)17(16)18-10-15/h5-10,12,19H,1-4H3. The maximum atomic E-state index is 4.50. The zero-order chi connectivity index (χ0) is 15.0. The van der Waals surface area contributed by atoms with E-state index >= 15 is 0 Å². The molecule has 2 heterocycles. The number of aryl methyl sites for hydroxylation is 3. The number of aromatic nitrogens is 3. The summed E-state index contributed by atoms with van der Waals surface area (Å²) in [6, 6.07) is 10.9. The van der Waals surface area contributed by atoms with E-state index in [-0.39, 0.29) is 6.04 Å². The van der Waals surface area contributed by atoms with Crippen molar-refractivity contribution in [3.05, 3.63) is 53.3 Å². The molecule has 4 heteroatoms. The van der Waals surface area contributed by atoms with Crippen LogP contribution in [0.15, 0.2) is 36.5 Å². The van der Waals surface area contributed by atoms with Crippen molar-refractivity contribution in [2.75, 3.05) is 5.32 Å². The van der Waals surface area contributed by atoms with Crippen molar-refractivity contribution in [1.29, 1.82) is 0 Å². The summed E-state index contributed by atoms with van der Waals surface area (Å²) >= 11 is 0. The molecule has 3 aromatic rings. The van der Waals surface area contributed by atoms with E-state index in [0.717, 1.165) is 22.4 Å². The van der Waals surface area contributed by atoms with E-state index in [0.29, 0.717) is 0 Å². The van der Waals surface area contributed by atoms with Gasteiger partial charge in [-0.3, -0.25) is 4.68 Å². The van der Waals surface area contributed by atoms with Crippen LogP contribution < -0.4 is 5.32 Å². The highest BCUT2D eigenvalue weighted by atomic mass is 15.3. The highest BCUT2D eigenvalue weighted by Gasteiger charge is 2.09. The minimum absolute atomic E-state index is 0.237. The first-order valence-electron chi connectivity index (χ1n) is 7.17. The number of pyridine rings is 1. The molecule has 0 aliphatic rings. The van der Waals surface area contributed by atoms with Crippen molar-refractivity contribution in [2.24, 2.45) is 7.05 Å². The van der Waals surface area contributed by atoms with Gasteiger partial charge in [0.2, 0.25) is 0 Å². The number of nitrogens with zero attached hydrogens (tertiary/aromatic N) is 3. The summed E-state index contributed by atoms with van der Waals surface area (Å²) in [5.41, 5.74) is 5.50. The first-order chi connectivity index (χ1) is 10.0. The van der Waals surface area contributed by atoms with Gasteiger partial charge in [0.25, 0.3) is 0 Å². The van der Waals surface area contributed by atoms with Crippen LogP contribution in [0.3, 0.4) is 0 Å². The Hall–Kier alpha value is -2.36. The Labute approximate surface area is 124 Å². The lowest BCUT2D eigenvalue weighted by Crippen LogP contribution is -2.07. The largest absolute Gasteiger partial charge is 0.377 e. The van der Waals surface area contributed by atoms with Gasteiger partial charge in [-0.1, -0.05) is 29.8 Å². The average molecular weight is 280 g/mol. The topological polar surface area (TPSA) is 42.7 Å². The van der Waals surface area contributed by atoms with Crippen molar-refractivity contribution < 1.29 is 0 Å². The van der Waals surface area contributed by atoms with Gasteiger partial charge in [0.05, 0.1) is 17.6 Å². The first-order valence-corrected chi connectivity index (χ1v) is 7.17. The van der Waals surface area contributed by atoms with Crippen LogP contribution in [0, 0.1) is 13.8 Å². The fourth-order valence-electron chi connectivity index (χ4n) is 2.66. The number of benzene rings is 1. The molecule has 1 atom stereocenters. The van der Waals surface area contributed by atoms with Crippen LogP contribution in [0.2, 0.25) is 0 Å². The monoisotopic (exact) mass is 280 g/mol. The predicted molar refractivity (Wildman–Crippen MR) is 86.5 cm³/mol. The van der Waals surface area contributed by atoms with Crippen LogP contribution in [0.25, 0.3) is 11.0 Å². The molecule has 1 unspecified atom stereocenters. The molecule has 0 radical (unpaired) electrons. The molecule has 4 nitrogen and oxygen atoms in total. The van der Waals surface area contributed by atoms with E-state index < -0.39 is 0 Å². The lowest BCUT2D eigenvalue weighted by molar-refractivity contribution is 0.773. The Bertz CT molecular complexity index is 789. The molecule has 0 aliphatic heterocycles. The molecule has 0 spiro atoms. The Morgan fingerprint density at radius 2 is 2.00 bits per heavy atom. The van der Waals surface area contributed by atoms with E-state index in [1.165, 1.54) is 11.1 Å². The normalized spacial score (nSPS) is 12.6. The summed E-state index contributed by atoms with van der Waals surface area (Å²) in [5, 5.41) is 9.02. The third kappa shape index (κ3) is 2.61. The van der Waals surface area contributed by atoms with Gasteiger partial charge in [-0.15, -0.1) is 0 Å². The minimum atomic E-state index is 0.237. The fourth-order valence-corrected chi connectivity index (χ4v) is 2.66. The smallest absolute Gasteiger partial charge is 0.157 e. The lowest BCUT2D eigenvalue weighted by atomic mass is 10.1. The molecular weight excluding hydrogens is 260 g/mol. The number of hydrogen-bond donors (Lipinski definition) is 1. The van der Waals surface area contributed by atoms with E-state index in [1.807, 2.05) is 24.9 Å². The van der Waals surface area contributed by atoms with Gasteiger partial charge in [-0.2, -0.15) is 5.10 Å². The number of fused-ring (bicyclic) bond motifs is 1. The first kappa shape index (κ1) is 13.6. The van der Waals surface area contributed by atoms with Gasteiger partial charge in [-0.25, -0.2) is 4.98 Å². The average Bonchev–Trinajstić information content (AvgIpc) is 2.74. The molecule has 0 fully saturated rings. The maximum Gasteiger partial charge on any atom is 0.157 e. The predicted octanol–water partition coefficient (Wildman–Crippen LogP) is 3.76. The highest BCUT2D eigenvalue weighted by molar-refractivity contribution is 5.81. The Balaban J connectivity index is 1.89. The Kier molecular flexibility index (Phi) is 3.37. The summed E-state index contributed by atoms with van der Waals surface area (Å²) in [6.07, 6.45) is 1.87. The zero-order valence-corrected chi connectivity index (χ0v) is 12.9. The van der Waals surface area contributed by atoms with Gasteiger partial charge < -0.3 is 5.32 Å². The second-order valence-electron chi connectivity index (χ2n) is 5.58. The second kappa shape index (κ2) is 5.20. The molecule has 21 heavy (non-hydrogen) atoms. The van der Waals surface area contributed by atoms with Crippen molar-refractivity contribution in [2.45, 2.75) is 26.8 Å². The fraction of sp³-hybridized carbons (Fsp3) is 0.294. The van der Waals surface area contributed by atoms with Crippen LogP contribution in [0.1, 0.15) is 29.8 Å². The maximum absolute atomic E-state index is 4.50. The van der Waals surface area contributed by atoms with Crippen molar-refractivity contribution in [3.63, 3.8) is 0 Å². The Morgan fingerprint density at radius 1 is 1.19 bits per heavy atom. The lowest BCUT2D eigenvalue weighted by Gasteiger charge is -2.16. The van der Waals surface area contributed by atoms with Crippen molar-refractivity contribution in [1.82, 2.24) is 14.8 Å². The molecule has 0 amide bonds. The molecule has 108 valence electrons. The number of nitrogens with one attached hydrogen (secondary N) is 1. The number of anilines is 1. The second-order valence-corrected chi connectivity index (χ2v) is 5.58. The summed E-state index contributed by atoms with van der Waals surface area (Å²) in [4.78, 5) is 4.50. The van der Waals surface area contributed by atoms with Gasteiger partial charge in [0, 0.05) is 18.5 Å². The van der Waals surface area contributed by atoms with Crippen LogP contribution in [0.5, 0.6) is 0 Å². The van der Waals surface area contributed by atoms with Gasteiger partial charge >= 0.3 is 0 Å². The molecule has 1 aromatic carbocycles. The quantitative estimate of drug-likeness (QED) is 0.794. The summed E-state index contributed by atoms with van der Waals surface area (Å²) in [7, 11) is 1.92. The molecule has 3 rings (SSSR count). The zero-order valence-electron chi connectivity index (χ0n) is 12.9. The van der Waals surface area contributed by atoms with Crippen LogP contribution in [0.4, 0.5) is 5.69 Å². The van der Waals surface area contributed by atoms with Gasteiger partial charge in [0.15, 0.2) is 5.65 Å². The summed E-state index contributed by atoms with van der Waals surface area (Å²) in [6.45, 7) is 6.29. The van der Waals surface area contributed by atoms with Crippen LogP contribution >= 0.6 is 0 Å². The molecular formula is C17H20N4. The molecule has 0 saturated carbocycles. The van der Waals surface area contributed by atoms with Crippen molar-refractivity contribution >= 4 is 16.7 Å². The van der Waals surface area contributed by atoms with Crippen LogP contribution in [-0.4, -0.2) is 14.8 Å². The number of rotatable bonds is 3. The molecule has 0 saturated heterocycles. The van der Waals surface area contributed by atoms with Gasteiger partial charge in [0.1, 0.15) is 0 Å². The third-order valence-electron chi connectivity index (χ3n) is 3.79. The summed E-state index contributed by atoms with van der Waals surface area (Å²) < 4.78 is 1.82. The number of hydrogen-bond acceptors (Lipinski definition) is 3. The van der Waals surface area contributed by atoms with E-state index in [4.69, 9.17) is 0 Å². The van der Waals surface area contributed by atoms with E-state index in [2.05, 4.69) is 59.6 Å². The van der Waals surface area contributed by atoms with Crippen LogP contribution in [-0.2, 0) is 7.05 Å². The highest BCUT2D eigenvalue weighted by Crippen LogP contribution is 2.23. The summed E-state index contributed by atoms with van der Waals surface area (Å²) in [5.74, 6) is 0. The van der Waals surface area contributed by atoms with Crippen molar-refractivity contribution in [3.8, 4) is 0 Å². The SMILES string of the molecule is Cc1cccc(C(C)Nc2cnc3c(c2)c(C)nn3C)c1. The minimum Gasteiger partial charge on any atom is -0.377 e. The molecule has 2 aromatic heterocycles. The molecule has 0 bridgehead atoms. The van der Waals surface area contributed by atoms with E-state index in [9.17, 15) is 0 Å². The van der Waals surface area contributed by atoms with E-state index in [1.54, 1.807) is 0 Å². The Morgan fingerprint density at radius 3 is 2.76 bits per heavy atom. The molecule has 1 N–H and O–H groups in total.